The summed E-state index contributed by atoms with van der Waals surface area (Å²) in [6, 6.07) is 0.695. The zero-order chi connectivity index (χ0) is 13.8. The van der Waals surface area contributed by atoms with Gasteiger partial charge in [0.25, 0.3) is 0 Å². The van der Waals surface area contributed by atoms with E-state index in [2.05, 4.69) is 18.7 Å². The van der Waals surface area contributed by atoms with Crippen LogP contribution in [0, 0.1) is 11.8 Å². The zero-order valence-corrected chi connectivity index (χ0v) is 12.6. The highest BCUT2D eigenvalue weighted by Crippen LogP contribution is 2.31. The first-order chi connectivity index (χ1) is 9.13. The number of carbonyl (C=O) groups excluding carboxylic acids is 1. The summed E-state index contributed by atoms with van der Waals surface area (Å²) in [5, 5.41) is 0. The highest BCUT2D eigenvalue weighted by Gasteiger charge is 2.34. The molecule has 0 aromatic rings. The Morgan fingerprint density at radius 2 is 2.00 bits per heavy atom. The van der Waals surface area contributed by atoms with Crippen molar-refractivity contribution < 1.29 is 4.79 Å². The van der Waals surface area contributed by atoms with Crippen molar-refractivity contribution in [2.75, 3.05) is 6.54 Å². The van der Waals surface area contributed by atoms with Crippen molar-refractivity contribution in [2.45, 2.75) is 77.3 Å². The molecule has 1 saturated heterocycles. The fraction of sp³-hybridized carbons (Fsp3) is 0.938. The van der Waals surface area contributed by atoms with Crippen LogP contribution in [0.25, 0.3) is 0 Å². The fourth-order valence-electron chi connectivity index (χ4n) is 3.71. The molecule has 0 spiro atoms. The second-order valence-electron chi connectivity index (χ2n) is 6.59. The Balaban J connectivity index is 2.00. The van der Waals surface area contributed by atoms with E-state index in [1.807, 2.05) is 0 Å². The average molecular weight is 266 g/mol. The number of amides is 1. The van der Waals surface area contributed by atoms with Gasteiger partial charge in [0, 0.05) is 24.5 Å². The van der Waals surface area contributed by atoms with E-state index in [1.54, 1.807) is 0 Å². The monoisotopic (exact) mass is 266 g/mol. The minimum absolute atomic E-state index is 0.193. The quantitative estimate of drug-likeness (QED) is 0.835. The minimum Gasteiger partial charge on any atom is -0.339 e. The molecule has 4 atom stereocenters. The van der Waals surface area contributed by atoms with Gasteiger partial charge in [0.15, 0.2) is 0 Å². The molecule has 1 heterocycles. The molecule has 2 rings (SSSR count). The molecule has 4 unspecified atom stereocenters. The third kappa shape index (κ3) is 3.50. The summed E-state index contributed by atoms with van der Waals surface area (Å²) in [6.07, 6.45) is 9.08. The maximum absolute atomic E-state index is 12.8. The first-order valence-corrected chi connectivity index (χ1v) is 8.19. The van der Waals surface area contributed by atoms with Crippen molar-refractivity contribution in [1.82, 2.24) is 4.90 Å². The Morgan fingerprint density at radius 3 is 2.68 bits per heavy atom. The van der Waals surface area contributed by atoms with Crippen LogP contribution in [0.2, 0.25) is 0 Å². The Labute approximate surface area is 117 Å². The fourth-order valence-corrected chi connectivity index (χ4v) is 3.71. The molecule has 1 aliphatic carbocycles. The Morgan fingerprint density at radius 1 is 1.21 bits per heavy atom. The van der Waals surface area contributed by atoms with Gasteiger partial charge in [0.05, 0.1) is 0 Å². The molecule has 0 bridgehead atoms. The van der Waals surface area contributed by atoms with Gasteiger partial charge >= 0.3 is 0 Å². The van der Waals surface area contributed by atoms with E-state index in [-0.39, 0.29) is 12.0 Å². The van der Waals surface area contributed by atoms with Crippen LogP contribution in [-0.2, 0) is 4.79 Å². The largest absolute Gasteiger partial charge is 0.339 e. The third-order valence-electron chi connectivity index (χ3n) is 5.24. The molecular weight excluding hydrogens is 236 g/mol. The summed E-state index contributed by atoms with van der Waals surface area (Å²) < 4.78 is 0. The molecule has 2 fully saturated rings. The molecule has 1 aliphatic heterocycles. The lowest BCUT2D eigenvalue weighted by atomic mass is 9.79. The van der Waals surface area contributed by atoms with Crippen molar-refractivity contribution in [2.24, 2.45) is 17.6 Å². The molecule has 0 radical (unpaired) electrons. The molecule has 110 valence electrons. The number of nitrogens with two attached hydrogens (primary N) is 1. The zero-order valence-electron chi connectivity index (χ0n) is 12.6. The van der Waals surface area contributed by atoms with E-state index < -0.39 is 0 Å². The molecule has 0 aromatic carbocycles. The maximum atomic E-state index is 12.8. The van der Waals surface area contributed by atoms with Gasteiger partial charge in [-0.1, -0.05) is 26.7 Å². The highest BCUT2D eigenvalue weighted by molar-refractivity contribution is 5.79. The van der Waals surface area contributed by atoms with Crippen LogP contribution in [0.5, 0.6) is 0 Å². The van der Waals surface area contributed by atoms with Crippen molar-refractivity contribution in [3.8, 4) is 0 Å². The highest BCUT2D eigenvalue weighted by atomic mass is 16.2. The van der Waals surface area contributed by atoms with Gasteiger partial charge in [-0.05, 0) is 44.4 Å². The van der Waals surface area contributed by atoms with Gasteiger partial charge in [-0.2, -0.15) is 0 Å². The molecule has 2 N–H and O–H groups in total. The standard InChI is InChI=1S/C16H30N2O/c1-3-14-7-5-4-6-10-18(14)16(19)13-9-8-12(2)15(17)11-13/h12-15H,3-11,17H2,1-2H3. The van der Waals surface area contributed by atoms with Gasteiger partial charge in [-0.3, -0.25) is 4.79 Å². The van der Waals surface area contributed by atoms with E-state index >= 15 is 0 Å². The van der Waals surface area contributed by atoms with E-state index in [9.17, 15) is 4.79 Å². The second-order valence-corrected chi connectivity index (χ2v) is 6.59. The summed E-state index contributed by atoms with van der Waals surface area (Å²) in [7, 11) is 0. The van der Waals surface area contributed by atoms with Crippen LogP contribution in [0.15, 0.2) is 0 Å². The lowest BCUT2D eigenvalue weighted by Gasteiger charge is -2.37. The molecule has 1 saturated carbocycles. The van der Waals surface area contributed by atoms with Crippen LogP contribution >= 0.6 is 0 Å². The first-order valence-electron chi connectivity index (χ1n) is 8.19. The van der Waals surface area contributed by atoms with Crippen molar-refractivity contribution in [1.29, 1.82) is 0 Å². The van der Waals surface area contributed by atoms with Crippen LogP contribution in [0.1, 0.15) is 65.2 Å². The topological polar surface area (TPSA) is 46.3 Å². The van der Waals surface area contributed by atoms with Crippen LogP contribution in [0.3, 0.4) is 0 Å². The van der Waals surface area contributed by atoms with Crippen molar-refractivity contribution >= 4 is 5.91 Å². The smallest absolute Gasteiger partial charge is 0.225 e. The number of hydrogen-bond donors (Lipinski definition) is 1. The summed E-state index contributed by atoms with van der Waals surface area (Å²) in [6.45, 7) is 5.40. The molecular formula is C16H30N2O. The Hall–Kier alpha value is -0.570. The predicted octanol–water partition coefficient (Wildman–Crippen LogP) is 2.93. The lowest BCUT2D eigenvalue weighted by molar-refractivity contribution is -0.139. The van der Waals surface area contributed by atoms with Crippen LogP contribution in [-0.4, -0.2) is 29.4 Å². The normalized spacial score (nSPS) is 36.9. The van der Waals surface area contributed by atoms with E-state index in [0.29, 0.717) is 17.9 Å². The predicted molar refractivity (Wildman–Crippen MR) is 78.7 cm³/mol. The number of rotatable bonds is 2. The molecule has 1 amide bonds. The molecule has 2 aliphatic rings. The van der Waals surface area contributed by atoms with Crippen LogP contribution < -0.4 is 5.73 Å². The number of nitrogens with zero attached hydrogens (tertiary/aromatic N) is 1. The van der Waals surface area contributed by atoms with Gasteiger partial charge in [-0.15, -0.1) is 0 Å². The average Bonchev–Trinajstić information content (AvgIpc) is 2.66. The lowest BCUT2D eigenvalue weighted by Crippen LogP contribution is -2.46. The van der Waals surface area contributed by atoms with E-state index in [0.717, 1.165) is 32.2 Å². The Kier molecular flexibility index (Phi) is 5.26. The molecule has 19 heavy (non-hydrogen) atoms. The number of carbonyl (C=O) groups is 1. The summed E-state index contributed by atoms with van der Waals surface area (Å²) in [5.41, 5.74) is 6.16. The maximum Gasteiger partial charge on any atom is 0.225 e. The van der Waals surface area contributed by atoms with Gasteiger partial charge in [0.2, 0.25) is 5.91 Å². The van der Waals surface area contributed by atoms with Gasteiger partial charge in [0.1, 0.15) is 0 Å². The molecule has 3 heteroatoms. The summed E-state index contributed by atoms with van der Waals surface area (Å²) in [4.78, 5) is 15.0. The molecule has 0 aromatic heterocycles. The summed E-state index contributed by atoms with van der Waals surface area (Å²) >= 11 is 0. The summed E-state index contributed by atoms with van der Waals surface area (Å²) in [5.74, 6) is 1.17. The van der Waals surface area contributed by atoms with Gasteiger partial charge < -0.3 is 10.6 Å². The number of hydrogen-bond acceptors (Lipinski definition) is 2. The third-order valence-corrected chi connectivity index (χ3v) is 5.24. The van der Waals surface area contributed by atoms with Crippen molar-refractivity contribution in [3.63, 3.8) is 0 Å². The first kappa shape index (κ1) is 14.8. The minimum atomic E-state index is 0.193. The van der Waals surface area contributed by atoms with Gasteiger partial charge in [-0.25, -0.2) is 0 Å². The van der Waals surface area contributed by atoms with E-state index in [4.69, 9.17) is 5.73 Å². The second kappa shape index (κ2) is 6.74. The molecule has 3 nitrogen and oxygen atoms in total. The van der Waals surface area contributed by atoms with Crippen molar-refractivity contribution in [3.05, 3.63) is 0 Å². The Bertz CT molecular complexity index is 305. The van der Waals surface area contributed by atoms with Crippen LogP contribution in [0.4, 0.5) is 0 Å². The SMILES string of the molecule is CCC1CCCCCN1C(=O)C1CCC(C)C(N)C1. The van der Waals surface area contributed by atoms with E-state index in [1.165, 1.54) is 25.7 Å². The number of likely N-dealkylation sites (tertiary alicyclic amines) is 1.